The molecule has 0 aromatic heterocycles. The third kappa shape index (κ3) is 4.05. The van der Waals surface area contributed by atoms with Gasteiger partial charge in [-0.15, -0.1) is 11.8 Å². The summed E-state index contributed by atoms with van der Waals surface area (Å²) in [6.07, 6.45) is 4.83. The fraction of sp³-hybridized carbons (Fsp3) is 0.667. The van der Waals surface area contributed by atoms with Crippen LogP contribution < -0.4 is 0 Å². The van der Waals surface area contributed by atoms with E-state index in [1.165, 1.54) is 42.9 Å². The number of hydrogen-bond donors (Lipinski definition) is 1. The lowest BCUT2D eigenvalue weighted by Crippen LogP contribution is -2.31. The van der Waals surface area contributed by atoms with Crippen LogP contribution in [-0.2, 0) is 6.54 Å². The normalized spacial score (nSPS) is 26.8. The van der Waals surface area contributed by atoms with Crippen molar-refractivity contribution in [3.05, 3.63) is 29.8 Å². The van der Waals surface area contributed by atoms with E-state index >= 15 is 0 Å². The van der Waals surface area contributed by atoms with Gasteiger partial charge in [-0.05, 0) is 61.7 Å². The molecule has 2 fully saturated rings. The summed E-state index contributed by atoms with van der Waals surface area (Å²) in [5.41, 5.74) is 1.39. The van der Waals surface area contributed by atoms with Gasteiger partial charge < -0.3 is 10.0 Å². The number of thioether (sulfide) groups is 1. The maximum atomic E-state index is 9.73. The van der Waals surface area contributed by atoms with Crippen LogP contribution in [-0.4, -0.2) is 60.5 Å². The predicted molar refractivity (Wildman–Crippen MR) is 93.2 cm³/mol. The molecule has 1 aromatic carbocycles. The number of benzene rings is 1. The smallest absolute Gasteiger partial charge is 0.0475 e. The molecule has 122 valence electrons. The summed E-state index contributed by atoms with van der Waals surface area (Å²) < 4.78 is 0. The van der Waals surface area contributed by atoms with E-state index in [2.05, 4.69) is 40.3 Å². The van der Waals surface area contributed by atoms with E-state index in [9.17, 15) is 5.11 Å². The fourth-order valence-electron chi connectivity index (χ4n) is 3.90. The Morgan fingerprint density at radius 3 is 2.64 bits per heavy atom. The van der Waals surface area contributed by atoms with Gasteiger partial charge in [0.1, 0.15) is 0 Å². The number of aliphatic hydroxyl groups is 1. The highest BCUT2D eigenvalue weighted by atomic mass is 32.2. The van der Waals surface area contributed by atoms with Gasteiger partial charge >= 0.3 is 0 Å². The van der Waals surface area contributed by atoms with E-state index in [1.54, 1.807) is 11.8 Å². The number of rotatable bonds is 6. The molecule has 0 amide bonds. The number of nitrogens with zero attached hydrogens (tertiary/aromatic N) is 2. The first-order valence-corrected chi connectivity index (χ1v) is 9.69. The Morgan fingerprint density at radius 1 is 1.14 bits per heavy atom. The highest BCUT2D eigenvalue weighted by Crippen LogP contribution is 2.27. The molecular formula is C18H28N2OS. The highest BCUT2D eigenvalue weighted by Gasteiger charge is 2.33. The first-order chi connectivity index (χ1) is 10.8. The predicted octanol–water partition coefficient (Wildman–Crippen LogP) is 2.54. The van der Waals surface area contributed by atoms with Crippen molar-refractivity contribution >= 4 is 11.8 Å². The van der Waals surface area contributed by atoms with Gasteiger partial charge in [0.25, 0.3) is 0 Å². The third-order valence-corrected chi connectivity index (χ3v) is 5.84. The zero-order valence-corrected chi connectivity index (χ0v) is 14.4. The second-order valence-corrected chi connectivity index (χ2v) is 7.64. The molecule has 3 rings (SSSR count). The molecule has 3 nitrogen and oxygen atoms in total. The molecule has 1 N–H and O–H groups in total. The average Bonchev–Trinajstić information content (AvgIpc) is 3.17. The first-order valence-electron chi connectivity index (χ1n) is 8.47. The van der Waals surface area contributed by atoms with Gasteiger partial charge in [0, 0.05) is 37.7 Å². The van der Waals surface area contributed by atoms with Gasteiger partial charge in [0.2, 0.25) is 0 Å². The molecule has 0 saturated carbocycles. The summed E-state index contributed by atoms with van der Waals surface area (Å²) in [4.78, 5) is 6.45. The molecular weight excluding hydrogens is 292 g/mol. The van der Waals surface area contributed by atoms with Crippen LogP contribution >= 0.6 is 11.8 Å². The number of hydrogen-bond acceptors (Lipinski definition) is 4. The van der Waals surface area contributed by atoms with Crippen LogP contribution in [0.15, 0.2) is 29.2 Å². The van der Waals surface area contributed by atoms with Gasteiger partial charge in [0.15, 0.2) is 0 Å². The van der Waals surface area contributed by atoms with E-state index in [-0.39, 0.29) is 0 Å². The summed E-state index contributed by atoms with van der Waals surface area (Å²) in [6, 6.07) is 8.85. The standard InChI is InChI=1S/C18H28N2OS/c1-22-18-6-4-5-15(9-18)10-20-12-16(17(13-20)14-21)11-19-7-2-3-8-19/h4-6,9,16-17,21H,2-3,7-8,10-14H2,1H3/t16-,17-/m1/s1. The first kappa shape index (κ1) is 16.3. The Hall–Kier alpha value is -0.550. The van der Waals surface area contributed by atoms with Crippen molar-refractivity contribution in [3.63, 3.8) is 0 Å². The minimum atomic E-state index is 0.333. The van der Waals surface area contributed by atoms with Crippen LogP contribution in [0, 0.1) is 11.8 Å². The highest BCUT2D eigenvalue weighted by molar-refractivity contribution is 7.98. The van der Waals surface area contributed by atoms with E-state index in [4.69, 9.17) is 0 Å². The molecule has 2 atom stereocenters. The molecule has 0 bridgehead atoms. The van der Waals surface area contributed by atoms with Crippen molar-refractivity contribution in [2.75, 3.05) is 45.6 Å². The maximum Gasteiger partial charge on any atom is 0.0475 e. The van der Waals surface area contributed by atoms with E-state index < -0.39 is 0 Å². The van der Waals surface area contributed by atoms with Crippen LogP contribution in [0.1, 0.15) is 18.4 Å². The Morgan fingerprint density at radius 2 is 1.91 bits per heavy atom. The molecule has 2 aliphatic heterocycles. The summed E-state index contributed by atoms with van der Waals surface area (Å²) in [5, 5.41) is 9.73. The van der Waals surface area contributed by atoms with Crippen molar-refractivity contribution in [3.8, 4) is 0 Å². The summed E-state index contributed by atoms with van der Waals surface area (Å²) in [7, 11) is 0. The molecule has 22 heavy (non-hydrogen) atoms. The van der Waals surface area contributed by atoms with Gasteiger partial charge in [-0.1, -0.05) is 12.1 Å². The van der Waals surface area contributed by atoms with Crippen molar-refractivity contribution in [2.45, 2.75) is 24.3 Å². The van der Waals surface area contributed by atoms with Crippen LogP contribution in [0.25, 0.3) is 0 Å². The average molecular weight is 321 g/mol. The number of aliphatic hydroxyl groups excluding tert-OH is 1. The lowest BCUT2D eigenvalue weighted by molar-refractivity contribution is 0.175. The van der Waals surface area contributed by atoms with Crippen LogP contribution in [0.4, 0.5) is 0 Å². The summed E-state index contributed by atoms with van der Waals surface area (Å²) in [5.74, 6) is 1.08. The monoisotopic (exact) mass is 320 g/mol. The quantitative estimate of drug-likeness (QED) is 0.815. The summed E-state index contributed by atoms with van der Waals surface area (Å²) >= 11 is 1.80. The fourth-order valence-corrected chi connectivity index (χ4v) is 4.39. The SMILES string of the molecule is CSc1cccc(CN2C[C@@H](CN3CCCC3)[C@@H](CO)C2)c1. The minimum absolute atomic E-state index is 0.333. The molecule has 4 heteroatoms. The summed E-state index contributed by atoms with van der Waals surface area (Å²) in [6.45, 7) is 7.20. The second-order valence-electron chi connectivity index (χ2n) is 6.76. The van der Waals surface area contributed by atoms with E-state index in [1.807, 2.05) is 0 Å². The van der Waals surface area contributed by atoms with Crippen LogP contribution in [0.3, 0.4) is 0 Å². The molecule has 0 radical (unpaired) electrons. The maximum absolute atomic E-state index is 9.73. The van der Waals surface area contributed by atoms with E-state index in [0.717, 1.165) is 19.6 Å². The van der Waals surface area contributed by atoms with Crippen LogP contribution in [0.2, 0.25) is 0 Å². The van der Waals surface area contributed by atoms with Gasteiger partial charge in [-0.25, -0.2) is 0 Å². The molecule has 2 saturated heterocycles. The Kier molecular flexibility index (Phi) is 5.80. The van der Waals surface area contributed by atoms with Crippen LogP contribution in [0.5, 0.6) is 0 Å². The Balaban J connectivity index is 1.58. The Bertz CT molecular complexity index is 476. The van der Waals surface area contributed by atoms with Gasteiger partial charge in [-0.2, -0.15) is 0 Å². The van der Waals surface area contributed by atoms with Crippen molar-refractivity contribution in [1.82, 2.24) is 9.80 Å². The molecule has 1 aromatic rings. The second kappa shape index (κ2) is 7.82. The molecule has 0 unspecified atom stereocenters. The number of likely N-dealkylation sites (tertiary alicyclic amines) is 2. The topological polar surface area (TPSA) is 26.7 Å². The lowest BCUT2D eigenvalue weighted by atomic mass is 9.96. The zero-order chi connectivity index (χ0) is 15.4. The molecule has 0 aliphatic carbocycles. The van der Waals surface area contributed by atoms with Gasteiger partial charge in [0.05, 0.1) is 0 Å². The lowest BCUT2D eigenvalue weighted by Gasteiger charge is -2.23. The van der Waals surface area contributed by atoms with Crippen molar-refractivity contribution in [2.24, 2.45) is 11.8 Å². The molecule has 2 aliphatic rings. The zero-order valence-electron chi connectivity index (χ0n) is 13.6. The van der Waals surface area contributed by atoms with E-state index in [0.29, 0.717) is 18.4 Å². The molecule has 0 spiro atoms. The molecule has 2 heterocycles. The van der Waals surface area contributed by atoms with Crippen molar-refractivity contribution in [1.29, 1.82) is 0 Å². The minimum Gasteiger partial charge on any atom is -0.396 e. The van der Waals surface area contributed by atoms with Crippen molar-refractivity contribution < 1.29 is 5.11 Å². The largest absolute Gasteiger partial charge is 0.396 e. The third-order valence-electron chi connectivity index (χ3n) is 5.12. The Labute approximate surface area is 138 Å². The van der Waals surface area contributed by atoms with Gasteiger partial charge in [-0.3, -0.25) is 4.90 Å².